The quantitative estimate of drug-likeness (QED) is 0.756. The molecule has 0 atom stereocenters. The summed E-state index contributed by atoms with van der Waals surface area (Å²) in [7, 11) is 1.60. The molecule has 0 aliphatic carbocycles. The standard InChI is InChI=1S/C11H19ClN2O3S/c1-8(2)5-14-6-11(18(12,15)16)10(13-14)7-17-9(3)4/h6,8-9H,5,7H2,1-4H3. The average Bonchev–Trinajstić information content (AvgIpc) is 2.56. The maximum atomic E-state index is 11.5. The lowest BCUT2D eigenvalue weighted by Gasteiger charge is -2.06. The molecule has 1 rings (SSSR count). The van der Waals surface area contributed by atoms with E-state index in [0.29, 0.717) is 18.2 Å². The van der Waals surface area contributed by atoms with Gasteiger partial charge in [-0.2, -0.15) is 5.10 Å². The van der Waals surface area contributed by atoms with E-state index in [1.807, 2.05) is 27.7 Å². The van der Waals surface area contributed by atoms with Gasteiger partial charge in [0.25, 0.3) is 9.05 Å². The summed E-state index contributed by atoms with van der Waals surface area (Å²) < 4.78 is 29.9. The molecule has 0 saturated carbocycles. The van der Waals surface area contributed by atoms with E-state index in [9.17, 15) is 8.42 Å². The Bertz CT molecular complexity index is 494. The molecule has 5 nitrogen and oxygen atoms in total. The van der Waals surface area contributed by atoms with Gasteiger partial charge in [-0.1, -0.05) is 13.8 Å². The molecular formula is C11H19ClN2O3S. The van der Waals surface area contributed by atoms with E-state index in [1.165, 1.54) is 6.20 Å². The van der Waals surface area contributed by atoms with Crippen molar-refractivity contribution in [2.45, 2.75) is 51.8 Å². The first kappa shape index (κ1) is 15.5. The lowest BCUT2D eigenvalue weighted by Crippen LogP contribution is -2.07. The molecular weight excluding hydrogens is 276 g/mol. The van der Waals surface area contributed by atoms with Gasteiger partial charge in [0.05, 0.1) is 12.7 Å². The molecule has 0 aliphatic heterocycles. The molecule has 0 amide bonds. The minimum Gasteiger partial charge on any atom is -0.372 e. The molecule has 1 aromatic rings. The summed E-state index contributed by atoms with van der Waals surface area (Å²) in [4.78, 5) is 0.0328. The average molecular weight is 295 g/mol. The van der Waals surface area contributed by atoms with Gasteiger partial charge in [-0.3, -0.25) is 4.68 Å². The number of hydrogen-bond donors (Lipinski definition) is 0. The minimum absolute atomic E-state index is 0.00567. The normalized spacial score (nSPS) is 12.6. The van der Waals surface area contributed by atoms with Crippen LogP contribution in [-0.2, 0) is 26.9 Å². The topological polar surface area (TPSA) is 61.2 Å². The Morgan fingerprint density at radius 1 is 1.39 bits per heavy atom. The summed E-state index contributed by atoms with van der Waals surface area (Å²) in [6.07, 6.45) is 1.47. The van der Waals surface area contributed by atoms with E-state index < -0.39 is 9.05 Å². The van der Waals surface area contributed by atoms with Gasteiger partial charge >= 0.3 is 0 Å². The number of aromatic nitrogens is 2. The maximum Gasteiger partial charge on any atom is 0.264 e. The van der Waals surface area contributed by atoms with Crippen molar-refractivity contribution in [1.82, 2.24) is 9.78 Å². The van der Waals surface area contributed by atoms with Gasteiger partial charge in [0.1, 0.15) is 10.6 Å². The Morgan fingerprint density at radius 3 is 2.44 bits per heavy atom. The van der Waals surface area contributed by atoms with Gasteiger partial charge in [-0.15, -0.1) is 0 Å². The van der Waals surface area contributed by atoms with Crippen molar-refractivity contribution in [3.05, 3.63) is 11.9 Å². The van der Waals surface area contributed by atoms with Crippen molar-refractivity contribution in [2.24, 2.45) is 5.92 Å². The van der Waals surface area contributed by atoms with Gasteiger partial charge < -0.3 is 4.74 Å². The zero-order valence-electron chi connectivity index (χ0n) is 11.1. The van der Waals surface area contributed by atoms with Crippen LogP contribution in [0.5, 0.6) is 0 Å². The highest BCUT2D eigenvalue weighted by Gasteiger charge is 2.21. The van der Waals surface area contributed by atoms with E-state index in [-0.39, 0.29) is 17.6 Å². The van der Waals surface area contributed by atoms with Crippen LogP contribution in [-0.4, -0.2) is 24.3 Å². The summed E-state index contributed by atoms with van der Waals surface area (Å²) in [5.74, 6) is 0.370. The summed E-state index contributed by atoms with van der Waals surface area (Å²) in [6.45, 7) is 8.59. The monoisotopic (exact) mass is 294 g/mol. The Balaban J connectivity index is 3.02. The van der Waals surface area contributed by atoms with E-state index in [1.54, 1.807) is 4.68 Å². The van der Waals surface area contributed by atoms with Crippen LogP contribution < -0.4 is 0 Å². The number of hydrogen-bond acceptors (Lipinski definition) is 4. The van der Waals surface area contributed by atoms with Crippen LogP contribution in [0.1, 0.15) is 33.4 Å². The summed E-state index contributed by atoms with van der Waals surface area (Å²) in [5.41, 5.74) is 0.361. The summed E-state index contributed by atoms with van der Waals surface area (Å²) in [6, 6.07) is 0. The Kier molecular flexibility index (Phi) is 5.19. The predicted molar refractivity (Wildman–Crippen MR) is 70.0 cm³/mol. The minimum atomic E-state index is -3.79. The second-order valence-corrected chi connectivity index (χ2v) is 7.39. The first-order valence-corrected chi connectivity index (χ1v) is 8.13. The molecule has 1 aromatic heterocycles. The molecule has 0 unspecified atom stereocenters. The predicted octanol–water partition coefficient (Wildman–Crippen LogP) is 2.39. The molecule has 0 spiro atoms. The van der Waals surface area contributed by atoms with Crippen molar-refractivity contribution >= 4 is 19.7 Å². The fourth-order valence-corrected chi connectivity index (χ4v) is 2.48. The maximum absolute atomic E-state index is 11.5. The fraction of sp³-hybridized carbons (Fsp3) is 0.727. The molecule has 0 fully saturated rings. The first-order valence-electron chi connectivity index (χ1n) is 5.82. The van der Waals surface area contributed by atoms with Crippen LogP contribution in [0, 0.1) is 5.92 Å². The van der Waals surface area contributed by atoms with E-state index >= 15 is 0 Å². The van der Waals surface area contributed by atoms with Crippen LogP contribution in [0.15, 0.2) is 11.1 Å². The Morgan fingerprint density at radius 2 is 2.00 bits per heavy atom. The molecule has 0 saturated heterocycles. The molecule has 0 bridgehead atoms. The molecule has 104 valence electrons. The number of nitrogens with zero attached hydrogens (tertiary/aromatic N) is 2. The molecule has 7 heteroatoms. The zero-order chi connectivity index (χ0) is 13.9. The van der Waals surface area contributed by atoms with E-state index in [4.69, 9.17) is 15.4 Å². The Hall–Kier alpha value is -0.590. The lowest BCUT2D eigenvalue weighted by molar-refractivity contribution is 0.0619. The van der Waals surface area contributed by atoms with Crippen LogP contribution >= 0.6 is 10.7 Å². The molecule has 0 radical (unpaired) electrons. The zero-order valence-corrected chi connectivity index (χ0v) is 12.6. The molecule has 18 heavy (non-hydrogen) atoms. The highest BCUT2D eigenvalue weighted by atomic mass is 35.7. The van der Waals surface area contributed by atoms with E-state index in [2.05, 4.69) is 5.10 Å². The van der Waals surface area contributed by atoms with Crippen LogP contribution in [0.4, 0.5) is 0 Å². The highest BCUT2D eigenvalue weighted by Crippen LogP contribution is 2.20. The first-order chi connectivity index (χ1) is 8.20. The van der Waals surface area contributed by atoms with Crippen LogP contribution in [0.2, 0.25) is 0 Å². The highest BCUT2D eigenvalue weighted by molar-refractivity contribution is 8.13. The van der Waals surface area contributed by atoms with Crippen molar-refractivity contribution in [3.63, 3.8) is 0 Å². The fourth-order valence-electron chi connectivity index (χ4n) is 1.46. The number of rotatable bonds is 6. The third kappa shape index (κ3) is 4.59. The smallest absolute Gasteiger partial charge is 0.264 e. The number of halogens is 1. The third-order valence-electron chi connectivity index (χ3n) is 2.17. The van der Waals surface area contributed by atoms with E-state index in [0.717, 1.165) is 0 Å². The van der Waals surface area contributed by atoms with Gasteiger partial charge in [0.2, 0.25) is 0 Å². The van der Waals surface area contributed by atoms with Gasteiger partial charge in [0.15, 0.2) is 0 Å². The van der Waals surface area contributed by atoms with Gasteiger partial charge in [-0.25, -0.2) is 8.42 Å². The van der Waals surface area contributed by atoms with Crippen molar-refractivity contribution in [1.29, 1.82) is 0 Å². The second-order valence-electron chi connectivity index (χ2n) is 4.85. The molecule has 0 aromatic carbocycles. The van der Waals surface area contributed by atoms with Crippen molar-refractivity contribution in [2.75, 3.05) is 0 Å². The molecule has 0 aliphatic rings. The largest absolute Gasteiger partial charge is 0.372 e. The third-order valence-corrected chi connectivity index (χ3v) is 3.53. The SMILES string of the molecule is CC(C)Cn1cc(S(=O)(=O)Cl)c(COC(C)C)n1. The van der Waals surface area contributed by atoms with Gasteiger partial charge in [-0.05, 0) is 19.8 Å². The van der Waals surface area contributed by atoms with Crippen LogP contribution in [0.25, 0.3) is 0 Å². The summed E-state index contributed by atoms with van der Waals surface area (Å²) in [5, 5.41) is 4.22. The lowest BCUT2D eigenvalue weighted by atomic mass is 10.2. The number of ether oxygens (including phenoxy) is 1. The van der Waals surface area contributed by atoms with Crippen molar-refractivity contribution in [3.8, 4) is 0 Å². The Labute approximate surface area is 113 Å². The summed E-state index contributed by atoms with van der Waals surface area (Å²) >= 11 is 0. The van der Waals surface area contributed by atoms with Crippen molar-refractivity contribution < 1.29 is 13.2 Å². The molecule has 0 N–H and O–H groups in total. The second kappa shape index (κ2) is 6.04. The van der Waals surface area contributed by atoms with Gasteiger partial charge in [0, 0.05) is 23.4 Å². The van der Waals surface area contributed by atoms with Crippen LogP contribution in [0.3, 0.4) is 0 Å². The molecule has 1 heterocycles.